The molecule has 2 rings (SSSR count). The third kappa shape index (κ3) is 1.49. The van der Waals surface area contributed by atoms with E-state index < -0.39 is 10.8 Å². The maximum Gasteiger partial charge on any atom is 0.0501 e. The van der Waals surface area contributed by atoms with Crippen LogP contribution in [-0.4, -0.2) is 27.8 Å². The second-order valence-corrected chi connectivity index (χ2v) is 5.24. The van der Waals surface area contributed by atoms with E-state index >= 15 is 0 Å². The minimum Gasteiger partial charge on any atom is -0.313 e. The van der Waals surface area contributed by atoms with Gasteiger partial charge in [-0.15, -0.1) is 0 Å². The van der Waals surface area contributed by atoms with Gasteiger partial charge in [-0.05, 0) is 25.8 Å². The number of fused-ring (bicyclic) bond motifs is 1. The van der Waals surface area contributed by atoms with Gasteiger partial charge in [0.05, 0.1) is 5.25 Å². The normalized spacial score (nSPS) is 44.9. The molecule has 2 nitrogen and oxygen atoms in total. The monoisotopic (exact) mass is 173 g/mol. The van der Waals surface area contributed by atoms with Crippen LogP contribution in [0.4, 0.5) is 0 Å². The van der Waals surface area contributed by atoms with Gasteiger partial charge in [-0.1, -0.05) is 6.42 Å². The number of nitrogens with one attached hydrogen (secondary N) is 1. The van der Waals surface area contributed by atoms with Gasteiger partial charge in [-0.2, -0.15) is 0 Å². The van der Waals surface area contributed by atoms with Gasteiger partial charge in [0.2, 0.25) is 0 Å². The van der Waals surface area contributed by atoms with E-state index in [4.69, 9.17) is 0 Å². The van der Waals surface area contributed by atoms with Crippen molar-refractivity contribution in [2.24, 2.45) is 0 Å². The molecular weight excluding hydrogens is 158 g/mol. The van der Waals surface area contributed by atoms with Crippen molar-refractivity contribution in [1.29, 1.82) is 0 Å². The lowest BCUT2D eigenvalue weighted by Crippen LogP contribution is -2.35. The maximum absolute atomic E-state index is 11.6. The molecule has 0 radical (unpaired) electrons. The van der Waals surface area contributed by atoms with Crippen molar-refractivity contribution in [1.82, 2.24) is 5.32 Å². The third-order valence-corrected chi connectivity index (χ3v) is 4.65. The Balaban J connectivity index is 2.09. The molecule has 3 heteroatoms. The Hall–Kier alpha value is 0.110. The fourth-order valence-electron chi connectivity index (χ4n) is 2.13. The third-order valence-electron chi connectivity index (χ3n) is 2.72. The average molecular weight is 173 g/mol. The highest BCUT2D eigenvalue weighted by Crippen LogP contribution is 2.25. The highest BCUT2D eigenvalue weighted by molar-refractivity contribution is 7.85. The van der Waals surface area contributed by atoms with Crippen LogP contribution < -0.4 is 5.32 Å². The van der Waals surface area contributed by atoms with E-state index in [2.05, 4.69) is 5.32 Å². The zero-order valence-electron chi connectivity index (χ0n) is 6.71. The molecule has 1 saturated carbocycles. The van der Waals surface area contributed by atoms with Crippen LogP contribution in [0.25, 0.3) is 0 Å². The summed E-state index contributed by atoms with van der Waals surface area (Å²) < 4.78 is 11.6. The van der Waals surface area contributed by atoms with Gasteiger partial charge in [-0.3, -0.25) is 4.21 Å². The molecule has 64 valence electrons. The predicted octanol–water partition coefficient (Wildman–Crippen LogP) is 0.649. The second-order valence-electron chi connectivity index (χ2n) is 3.47. The topological polar surface area (TPSA) is 29.1 Å². The molecular formula is C8H15NOS. The summed E-state index contributed by atoms with van der Waals surface area (Å²) in [4.78, 5) is 0. The van der Waals surface area contributed by atoms with Crippen molar-refractivity contribution in [3.63, 3.8) is 0 Å². The summed E-state index contributed by atoms with van der Waals surface area (Å²) in [5, 5.41) is 3.96. The van der Waals surface area contributed by atoms with E-state index in [1.165, 1.54) is 19.3 Å². The van der Waals surface area contributed by atoms with Crippen LogP contribution in [0, 0.1) is 0 Å². The van der Waals surface area contributed by atoms with Gasteiger partial charge in [-0.25, -0.2) is 0 Å². The molecule has 1 heterocycles. The summed E-state index contributed by atoms with van der Waals surface area (Å²) in [5.74, 6) is 0.925. The lowest BCUT2D eigenvalue weighted by Gasteiger charge is -2.15. The van der Waals surface area contributed by atoms with E-state index in [0.717, 1.165) is 18.7 Å². The van der Waals surface area contributed by atoms with Gasteiger partial charge in [0.25, 0.3) is 0 Å². The summed E-state index contributed by atoms with van der Waals surface area (Å²) in [7, 11) is -0.525. The molecule has 2 fully saturated rings. The molecule has 0 spiro atoms. The molecule has 0 amide bonds. The first-order valence-electron chi connectivity index (χ1n) is 4.48. The molecule has 0 aromatic heterocycles. The molecule has 3 unspecified atom stereocenters. The first-order valence-corrected chi connectivity index (χ1v) is 5.87. The van der Waals surface area contributed by atoms with Crippen LogP contribution in [-0.2, 0) is 10.8 Å². The van der Waals surface area contributed by atoms with Crippen LogP contribution in [0.15, 0.2) is 0 Å². The number of hydrogen-bond donors (Lipinski definition) is 1. The van der Waals surface area contributed by atoms with Gasteiger partial charge >= 0.3 is 0 Å². The fourth-order valence-corrected chi connectivity index (χ4v) is 3.89. The van der Waals surface area contributed by atoms with Crippen molar-refractivity contribution < 1.29 is 4.21 Å². The van der Waals surface area contributed by atoms with Crippen molar-refractivity contribution in [2.45, 2.75) is 37.0 Å². The molecule has 1 aliphatic carbocycles. The number of hydrogen-bond acceptors (Lipinski definition) is 2. The molecule has 11 heavy (non-hydrogen) atoms. The van der Waals surface area contributed by atoms with Gasteiger partial charge in [0.15, 0.2) is 0 Å². The summed E-state index contributed by atoms with van der Waals surface area (Å²) in [6.45, 7) is 1.08. The summed E-state index contributed by atoms with van der Waals surface area (Å²) in [6.07, 6.45) is 4.80. The zero-order chi connectivity index (χ0) is 7.68. The molecule has 0 bridgehead atoms. The maximum atomic E-state index is 11.6. The minimum atomic E-state index is -0.525. The van der Waals surface area contributed by atoms with E-state index in [1.807, 2.05) is 0 Å². The molecule has 2 aliphatic rings. The summed E-state index contributed by atoms with van der Waals surface area (Å²) in [6, 6.07) is 0.582. The second kappa shape index (κ2) is 3.23. The molecule has 0 aromatic rings. The van der Waals surface area contributed by atoms with E-state index in [9.17, 15) is 4.21 Å². The smallest absolute Gasteiger partial charge is 0.0501 e. The fraction of sp³-hybridized carbons (Fsp3) is 1.00. The molecule has 1 N–H and O–H groups in total. The Bertz CT molecular complexity index is 171. The van der Waals surface area contributed by atoms with E-state index in [0.29, 0.717) is 11.3 Å². The first kappa shape index (κ1) is 7.74. The molecule has 1 saturated heterocycles. The Kier molecular flexibility index (Phi) is 2.28. The van der Waals surface area contributed by atoms with Crippen LogP contribution in [0.2, 0.25) is 0 Å². The summed E-state index contributed by atoms with van der Waals surface area (Å²) >= 11 is 0. The van der Waals surface area contributed by atoms with Gasteiger partial charge in [0.1, 0.15) is 0 Å². The van der Waals surface area contributed by atoms with E-state index in [1.54, 1.807) is 0 Å². The lowest BCUT2D eigenvalue weighted by molar-refractivity contribution is 0.538. The van der Waals surface area contributed by atoms with Crippen LogP contribution in [0.5, 0.6) is 0 Å². The molecule has 1 aliphatic heterocycles. The van der Waals surface area contributed by atoms with Crippen molar-refractivity contribution in [2.75, 3.05) is 12.3 Å². The SMILES string of the molecule is O=S1CCCNC2CCCC21. The Morgan fingerprint density at radius 3 is 3.09 bits per heavy atom. The standard InChI is InChI=1S/C8H15NOS/c10-11-6-2-5-9-7-3-1-4-8(7)11/h7-9H,1-6H2. The van der Waals surface area contributed by atoms with Gasteiger partial charge in [0, 0.05) is 22.6 Å². The Morgan fingerprint density at radius 1 is 1.27 bits per heavy atom. The van der Waals surface area contributed by atoms with E-state index in [-0.39, 0.29) is 0 Å². The molecule has 0 aromatic carbocycles. The Labute approximate surface area is 70.2 Å². The summed E-state index contributed by atoms with van der Waals surface area (Å²) in [5.41, 5.74) is 0. The first-order chi connectivity index (χ1) is 5.38. The average Bonchev–Trinajstić information content (AvgIpc) is 2.40. The number of rotatable bonds is 0. The largest absolute Gasteiger partial charge is 0.313 e. The van der Waals surface area contributed by atoms with Gasteiger partial charge < -0.3 is 5.32 Å². The molecule has 3 atom stereocenters. The highest BCUT2D eigenvalue weighted by Gasteiger charge is 2.32. The lowest BCUT2D eigenvalue weighted by atomic mass is 10.2. The van der Waals surface area contributed by atoms with Crippen LogP contribution in [0.3, 0.4) is 0 Å². The van der Waals surface area contributed by atoms with Crippen LogP contribution in [0.1, 0.15) is 25.7 Å². The Morgan fingerprint density at radius 2 is 2.18 bits per heavy atom. The minimum absolute atomic E-state index is 0.484. The van der Waals surface area contributed by atoms with Crippen molar-refractivity contribution in [3.8, 4) is 0 Å². The quantitative estimate of drug-likeness (QED) is 0.583. The predicted molar refractivity (Wildman–Crippen MR) is 47.1 cm³/mol. The zero-order valence-corrected chi connectivity index (χ0v) is 7.53. The van der Waals surface area contributed by atoms with Crippen molar-refractivity contribution >= 4 is 10.8 Å². The van der Waals surface area contributed by atoms with Crippen LogP contribution >= 0.6 is 0 Å². The highest BCUT2D eigenvalue weighted by atomic mass is 32.2. The van der Waals surface area contributed by atoms with Crippen molar-refractivity contribution in [3.05, 3.63) is 0 Å².